The minimum atomic E-state index is -0.302. The summed E-state index contributed by atoms with van der Waals surface area (Å²) in [6, 6.07) is 7.98. The molecule has 0 atom stereocenters. The standard InChI is InChI=1S/C14H16FN3/c1-9(2)6-12-8-13(16)18-14(17-12)10-4-3-5-11(15)7-10/h3-5,7-9H,6H2,1-2H3,(H2,16,17,18). The van der Waals surface area contributed by atoms with Gasteiger partial charge >= 0.3 is 0 Å². The number of nitrogens with zero attached hydrogens (tertiary/aromatic N) is 2. The van der Waals surface area contributed by atoms with Crippen LogP contribution in [0.25, 0.3) is 11.4 Å². The number of hydrogen-bond donors (Lipinski definition) is 1. The summed E-state index contributed by atoms with van der Waals surface area (Å²) < 4.78 is 13.2. The van der Waals surface area contributed by atoms with Crippen molar-refractivity contribution in [2.75, 3.05) is 5.73 Å². The molecule has 1 aromatic heterocycles. The van der Waals surface area contributed by atoms with Crippen molar-refractivity contribution >= 4 is 5.82 Å². The molecule has 94 valence electrons. The van der Waals surface area contributed by atoms with Crippen LogP contribution in [0, 0.1) is 11.7 Å². The molecule has 0 unspecified atom stereocenters. The molecule has 0 fully saturated rings. The van der Waals surface area contributed by atoms with Gasteiger partial charge in [-0.1, -0.05) is 26.0 Å². The minimum Gasteiger partial charge on any atom is -0.384 e. The van der Waals surface area contributed by atoms with Crippen molar-refractivity contribution in [3.05, 3.63) is 41.8 Å². The molecule has 2 rings (SSSR count). The van der Waals surface area contributed by atoms with Crippen LogP contribution in [0.1, 0.15) is 19.5 Å². The summed E-state index contributed by atoms with van der Waals surface area (Å²) in [6.45, 7) is 4.22. The predicted molar refractivity (Wildman–Crippen MR) is 70.4 cm³/mol. The Labute approximate surface area is 106 Å². The van der Waals surface area contributed by atoms with Gasteiger partial charge in [-0.2, -0.15) is 0 Å². The SMILES string of the molecule is CC(C)Cc1cc(N)nc(-c2cccc(F)c2)n1. The zero-order valence-corrected chi connectivity index (χ0v) is 10.5. The molecule has 18 heavy (non-hydrogen) atoms. The van der Waals surface area contributed by atoms with Crippen LogP contribution in [0.15, 0.2) is 30.3 Å². The van der Waals surface area contributed by atoms with E-state index in [1.807, 2.05) is 0 Å². The van der Waals surface area contributed by atoms with Crippen molar-refractivity contribution in [2.24, 2.45) is 5.92 Å². The maximum absolute atomic E-state index is 13.2. The van der Waals surface area contributed by atoms with E-state index in [1.165, 1.54) is 12.1 Å². The largest absolute Gasteiger partial charge is 0.384 e. The number of halogens is 1. The van der Waals surface area contributed by atoms with Gasteiger partial charge in [0.2, 0.25) is 0 Å². The topological polar surface area (TPSA) is 51.8 Å². The van der Waals surface area contributed by atoms with Crippen LogP contribution in [0.5, 0.6) is 0 Å². The quantitative estimate of drug-likeness (QED) is 0.904. The fourth-order valence-electron chi connectivity index (χ4n) is 1.80. The van der Waals surface area contributed by atoms with Gasteiger partial charge in [0.05, 0.1) is 0 Å². The van der Waals surface area contributed by atoms with Gasteiger partial charge in [-0.05, 0) is 24.5 Å². The van der Waals surface area contributed by atoms with Crippen LogP contribution in [-0.4, -0.2) is 9.97 Å². The number of benzene rings is 1. The van der Waals surface area contributed by atoms with Gasteiger partial charge in [-0.3, -0.25) is 0 Å². The van der Waals surface area contributed by atoms with E-state index in [9.17, 15) is 4.39 Å². The second-order valence-corrected chi connectivity index (χ2v) is 4.72. The number of hydrogen-bond acceptors (Lipinski definition) is 3. The fraction of sp³-hybridized carbons (Fsp3) is 0.286. The van der Waals surface area contributed by atoms with Crippen molar-refractivity contribution in [3.63, 3.8) is 0 Å². The summed E-state index contributed by atoms with van der Waals surface area (Å²) in [6.07, 6.45) is 0.828. The molecular formula is C14H16FN3. The summed E-state index contributed by atoms with van der Waals surface area (Å²) in [5.74, 6) is 1.08. The first kappa shape index (κ1) is 12.5. The van der Waals surface area contributed by atoms with Gasteiger partial charge in [0.1, 0.15) is 11.6 Å². The van der Waals surface area contributed by atoms with E-state index in [1.54, 1.807) is 18.2 Å². The Morgan fingerprint density at radius 1 is 1.22 bits per heavy atom. The van der Waals surface area contributed by atoms with E-state index < -0.39 is 0 Å². The number of nitrogen functional groups attached to an aromatic ring is 1. The van der Waals surface area contributed by atoms with Gasteiger partial charge in [0.25, 0.3) is 0 Å². The van der Waals surface area contributed by atoms with E-state index >= 15 is 0 Å². The number of nitrogens with two attached hydrogens (primary N) is 1. The average molecular weight is 245 g/mol. The molecule has 1 heterocycles. The molecule has 0 saturated carbocycles. The van der Waals surface area contributed by atoms with Crippen LogP contribution in [-0.2, 0) is 6.42 Å². The molecule has 0 saturated heterocycles. The third-order valence-corrected chi connectivity index (χ3v) is 2.50. The highest BCUT2D eigenvalue weighted by Crippen LogP contribution is 2.19. The molecule has 1 aromatic carbocycles. The van der Waals surface area contributed by atoms with E-state index in [-0.39, 0.29) is 5.82 Å². The molecule has 0 bridgehead atoms. The molecule has 0 radical (unpaired) electrons. The maximum Gasteiger partial charge on any atom is 0.161 e. The molecule has 0 amide bonds. The molecule has 0 aliphatic carbocycles. The Hall–Kier alpha value is -1.97. The van der Waals surface area contributed by atoms with Crippen molar-refractivity contribution in [3.8, 4) is 11.4 Å². The first-order valence-corrected chi connectivity index (χ1v) is 5.94. The van der Waals surface area contributed by atoms with Crippen LogP contribution >= 0.6 is 0 Å². The van der Waals surface area contributed by atoms with E-state index in [0.29, 0.717) is 23.1 Å². The van der Waals surface area contributed by atoms with Gasteiger partial charge in [0.15, 0.2) is 5.82 Å². The second kappa shape index (κ2) is 5.12. The van der Waals surface area contributed by atoms with E-state index in [0.717, 1.165) is 12.1 Å². The van der Waals surface area contributed by atoms with Gasteiger partial charge in [-0.15, -0.1) is 0 Å². The fourth-order valence-corrected chi connectivity index (χ4v) is 1.80. The summed E-state index contributed by atoms with van der Waals surface area (Å²) in [5.41, 5.74) is 7.30. The molecule has 0 spiro atoms. The van der Waals surface area contributed by atoms with Crippen molar-refractivity contribution in [2.45, 2.75) is 20.3 Å². The molecule has 4 heteroatoms. The summed E-state index contributed by atoms with van der Waals surface area (Å²) in [4.78, 5) is 8.58. The van der Waals surface area contributed by atoms with E-state index in [2.05, 4.69) is 23.8 Å². The predicted octanol–water partition coefficient (Wildman–Crippen LogP) is 3.06. The normalized spacial score (nSPS) is 10.9. The number of anilines is 1. The highest BCUT2D eigenvalue weighted by molar-refractivity contribution is 5.56. The summed E-state index contributed by atoms with van der Waals surface area (Å²) >= 11 is 0. The first-order valence-electron chi connectivity index (χ1n) is 5.94. The lowest BCUT2D eigenvalue weighted by Gasteiger charge is -2.08. The van der Waals surface area contributed by atoms with Crippen LogP contribution in [0.2, 0.25) is 0 Å². The first-order chi connectivity index (χ1) is 8.54. The maximum atomic E-state index is 13.2. The van der Waals surface area contributed by atoms with Crippen molar-refractivity contribution in [1.82, 2.24) is 9.97 Å². The van der Waals surface area contributed by atoms with Crippen molar-refractivity contribution < 1.29 is 4.39 Å². The Bertz CT molecular complexity index is 552. The Morgan fingerprint density at radius 2 is 2.00 bits per heavy atom. The monoisotopic (exact) mass is 245 g/mol. The van der Waals surface area contributed by atoms with Crippen molar-refractivity contribution in [1.29, 1.82) is 0 Å². The molecule has 2 N–H and O–H groups in total. The highest BCUT2D eigenvalue weighted by Gasteiger charge is 2.07. The van der Waals surface area contributed by atoms with Crippen LogP contribution in [0.3, 0.4) is 0 Å². The lowest BCUT2D eigenvalue weighted by Crippen LogP contribution is -2.03. The highest BCUT2D eigenvalue weighted by atomic mass is 19.1. The molecule has 2 aromatic rings. The van der Waals surface area contributed by atoms with Gasteiger partial charge in [0, 0.05) is 17.3 Å². The number of rotatable bonds is 3. The number of aromatic nitrogens is 2. The molecule has 0 aliphatic heterocycles. The van der Waals surface area contributed by atoms with Gasteiger partial charge < -0.3 is 5.73 Å². The lowest BCUT2D eigenvalue weighted by molar-refractivity contribution is 0.627. The van der Waals surface area contributed by atoms with Crippen LogP contribution < -0.4 is 5.73 Å². The Kier molecular flexibility index (Phi) is 3.55. The minimum absolute atomic E-state index is 0.302. The summed E-state index contributed by atoms with van der Waals surface area (Å²) in [5, 5.41) is 0. The third-order valence-electron chi connectivity index (χ3n) is 2.50. The zero-order chi connectivity index (χ0) is 13.1. The second-order valence-electron chi connectivity index (χ2n) is 4.72. The average Bonchev–Trinajstić information content (AvgIpc) is 2.27. The van der Waals surface area contributed by atoms with Crippen LogP contribution in [0.4, 0.5) is 10.2 Å². The van der Waals surface area contributed by atoms with Gasteiger partial charge in [-0.25, -0.2) is 14.4 Å². The van der Waals surface area contributed by atoms with E-state index in [4.69, 9.17) is 5.73 Å². The Morgan fingerprint density at radius 3 is 2.67 bits per heavy atom. The molecule has 3 nitrogen and oxygen atoms in total. The zero-order valence-electron chi connectivity index (χ0n) is 10.5. The lowest BCUT2D eigenvalue weighted by atomic mass is 10.1. The summed E-state index contributed by atoms with van der Waals surface area (Å²) in [7, 11) is 0. The smallest absolute Gasteiger partial charge is 0.161 e. The third kappa shape index (κ3) is 3.03. The molecular weight excluding hydrogens is 229 g/mol. The Balaban J connectivity index is 2.41. The molecule has 0 aliphatic rings.